The van der Waals surface area contributed by atoms with Crippen LogP contribution in [0.3, 0.4) is 0 Å². The molecule has 0 bridgehead atoms. The molecule has 32 heavy (non-hydrogen) atoms. The summed E-state index contributed by atoms with van der Waals surface area (Å²) >= 11 is 0. The van der Waals surface area contributed by atoms with Crippen LogP contribution < -0.4 is 10.3 Å². The second-order valence-corrected chi connectivity index (χ2v) is 7.46. The maximum absolute atomic E-state index is 13.1. The number of anilines is 2. The van der Waals surface area contributed by atoms with Crippen molar-refractivity contribution in [2.45, 2.75) is 32.9 Å². The minimum absolute atomic E-state index is 0.178. The number of benzene rings is 2. The molecule has 1 aliphatic heterocycles. The molecule has 1 aromatic heterocycles. The van der Waals surface area contributed by atoms with Crippen LogP contribution in [0.25, 0.3) is 0 Å². The SMILES string of the molecule is CCOC(=O)C1=NN(c2ccccc2)C(C(=O)Nc2ccc(Cn3ccnc3C)cc2)C1. The minimum Gasteiger partial charge on any atom is -0.461 e. The summed E-state index contributed by atoms with van der Waals surface area (Å²) in [4.78, 5) is 29.6. The number of aryl methyl sites for hydroxylation is 1. The van der Waals surface area contributed by atoms with Crippen LogP contribution in [0.4, 0.5) is 11.4 Å². The number of hydrazone groups is 1. The quantitative estimate of drug-likeness (QED) is 0.580. The first-order chi connectivity index (χ1) is 15.5. The molecule has 2 aromatic carbocycles. The van der Waals surface area contributed by atoms with Gasteiger partial charge in [-0.3, -0.25) is 9.80 Å². The summed E-state index contributed by atoms with van der Waals surface area (Å²) in [6, 6.07) is 16.4. The molecule has 0 aliphatic carbocycles. The lowest BCUT2D eigenvalue weighted by Gasteiger charge is -2.22. The smallest absolute Gasteiger partial charge is 0.354 e. The molecule has 8 heteroatoms. The van der Waals surface area contributed by atoms with Crippen LogP contribution in [0, 0.1) is 6.92 Å². The third-order valence-corrected chi connectivity index (χ3v) is 5.24. The first-order valence-corrected chi connectivity index (χ1v) is 10.5. The number of ether oxygens (including phenoxy) is 1. The third-order valence-electron chi connectivity index (χ3n) is 5.24. The maximum atomic E-state index is 13.1. The fourth-order valence-corrected chi connectivity index (χ4v) is 3.56. The van der Waals surface area contributed by atoms with Gasteiger partial charge in [-0.05, 0) is 43.7 Å². The molecule has 0 fully saturated rings. The van der Waals surface area contributed by atoms with Gasteiger partial charge in [0.25, 0.3) is 0 Å². The summed E-state index contributed by atoms with van der Waals surface area (Å²) in [5.41, 5.74) is 2.75. The molecule has 1 amide bonds. The van der Waals surface area contributed by atoms with Crippen molar-refractivity contribution in [2.75, 3.05) is 16.9 Å². The molecular weight excluding hydrogens is 406 g/mol. The molecule has 0 saturated heterocycles. The van der Waals surface area contributed by atoms with Crippen molar-refractivity contribution >= 4 is 29.0 Å². The number of nitrogens with zero attached hydrogens (tertiary/aromatic N) is 4. The number of aromatic nitrogens is 2. The fraction of sp³-hybridized carbons (Fsp3) is 0.250. The predicted molar refractivity (Wildman–Crippen MR) is 123 cm³/mol. The van der Waals surface area contributed by atoms with Crippen LogP contribution in [0.1, 0.15) is 24.7 Å². The number of hydrogen-bond acceptors (Lipinski definition) is 6. The Labute approximate surface area is 186 Å². The number of carbonyl (C=O) groups excluding carboxylic acids is 2. The molecule has 0 saturated carbocycles. The van der Waals surface area contributed by atoms with Gasteiger partial charge in [0, 0.05) is 31.0 Å². The number of imidazole rings is 1. The van der Waals surface area contributed by atoms with E-state index in [1.54, 1.807) is 18.1 Å². The summed E-state index contributed by atoms with van der Waals surface area (Å²) < 4.78 is 7.14. The highest BCUT2D eigenvalue weighted by Crippen LogP contribution is 2.26. The van der Waals surface area contributed by atoms with Crippen molar-refractivity contribution in [2.24, 2.45) is 5.10 Å². The minimum atomic E-state index is -0.648. The van der Waals surface area contributed by atoms with Gasteiger partial charge in [-0.15, -0.1) is 0 Å². The van der Waals surface area contributed by atoms with Gasteiger partial charge in [0.1, 0.15) is 17.6 Å². The lowest BCUT2D eigenvalue weighted by atomic mass is 10.1. The standard InChI is InChI=1S/C24H25N5O3/c1-3-32-24(31)21-15-22(29(27-21)20-7-5-4-6-8-20)23(30)26-19-11-9-18(10-12-19)16-28-14-13-25-17(28)2/h4-14,22H,3,15-16H2,1-2H3,(H,26,30). The van der Waals surface area contributed by atoms with E-state index in [2.05, 4.69) is 20.0 Å². The van der Waals surface area contributed by atoms with E-state index in [0.29, 0.717) is 12.2 Å². The first kappa shape index (κ1) is 21.3. The number of rotatable bonds is 7. The number of amides is 1. The second-order valence-electron chi connectivity index (χ2n) is 7.46. The number of para-hydroxylation sites is 1. The largest absolute Gasteiger partial charge is 0.461 e. The second kappa shape index (κ2) is 9.47. The van der Waals surface area contributed by atoms with Gasteiger partial charge in [-0.2, -0.15) is 5.10 Å². The highest BCUT2D eigenvalue weighted by atomic mass is 16.5. The molecule has 1 N–H and O–H groups in total. The first-order valence-electron chi connectivity index (χ1n) is 10.5. The molecule has 1 atom stereocenters. The van der Waals surface area contributed by atoms with Crippen LogP contribution in [-0.4, -0.2) is 39.8 Å². The maximum Gasteiger partial charge on any atom is 0.354 e. The van der Waals surface area contributed by atoms with Crippen LogP contribution in [0.5, 0.6) is 0 Å². The molecule has 1 unspecified atom stereocenters. The summed E-state index contributed by atoms with van der Waals surface area (Å²) in [6.07, 6.45) is 3.89. The highest BCUT2D eigenvalue weighted by molar-refractivity contribution is 6.38. The van der Waals surface area contributed by atoms with Gasteiger partial charge in [-0.1, -0.05) is 30.3 Å². The van der Waals surface area contributed by atoms with Gasteiger partial charge < -0.3 is 14.6 Å². The molecule has 4 rings (SSSR count). The van der Waals surface area contributed by atoms with Gasteiger partial charge in [0.15, 0.2) is 0 Å². The van der Waals surface area contributed by atoms with Crippen LogP contribution in [0.15, 0.2) is 72.1 Å². The van der Waals surface area contributed by atoms with E-state index in [1.165, 1.54) is 0 Å². The van der Waals surface area contributed by atoms with Gasteiger partial charge >= 0.3 is 5.97 Å². The number of carbonyl (C=O) groups is 2. The molecular formula is C24H25N5O3. The molecule has 3 aromatic rings. The number of nitrogens with one attached hydrogen (secondary N) is 1. The molecule has 0 spiro atoms. The lowest BCUT2D eigenvalue weighted by Crippen LogP contribution is -2.38. The average Bonchev–Trinajstić information content (AvgIpc) is 3.43. The number of hydrogen-bond donors (Lipinski definition) is 1. The Bertz CT molecular complexity index is 1120. The van der Waals surface area contributed by atoms with Crippen molar-refractivity contribution < 1.29 is 14.3 Å². The highest BCUT2D eigenvalue weighted by Gasteiger charge is 2.36. The Balaban J connectivity index is 1.47. The third kappa shape index (κ3) is 4.69. The zero-order valence-electron chi connectivity index (χ0n) is 18.1. The van der Waals surface area contributed by atoms with Gasteiger partial charge in [-0.25, -0.2) is 9.78 Å². The Morgan fingerprint density at radius 3 is 2.53 bits per heavy atom. The van der Waals surface area contributed by atoms with E-state index in [1.807, 2.05) is 67.7 Å². The zero-order valence-corrected chi connectivity index (χ0v) is 18.1. The van der Waals surface area contributed by atoms with Crippen molar-refractivity contribution in [3.8, 4) is 0 Å². The van der Waals surface area contributed by atoms with Crippen molar-refractivity contribution in [3.63, 3.8) is 0 Å². The summed E-state index contributed by atoms with van der Waals surface area (Å²) in [5.74, 6) is 0.208. The van der Waals surface area contributed by atoms with E-state index in [4.69, 9.17) is 4.74 Å². The summed E-state index contributed by atoms with van der Waals surface area (Å²) in [6.45, 7) is 4.66. The van der Waals surface area contributed by atoms with E-state index in [-0.39, 0.29) is 24.6 Å². The van der Waals surface area contributed by atoms with Crippen LogP contribution in [0.2, 0.25) is 0 Å². The Morgan fingerprint density at radius 1 is 1.12 bits per heavy atom. The van der Waals surface area contributed by atoms with E-state index >= 15 is 0 Å². The summed E-state index contributed by atoms with van der Waals surface area (Å²) in [7, 11) is 0. The molecule has 164 valence electrons. The fourth-order valence-electron chi connectivity index (χ4n) is 3.56. The van der Waals surface area contributed by atoms with E-state index in [9.17, 15) is 9.59 Å². The Hall–Kier alpha value is -3.94. The zero-order chi connectivity index (χ0) is 22.5. The number of esters is 1. The van der Waals surface area contributed by atoms with E-state index in [0.717, 1.165) is 17.1 Å². The van der Waals surface area contributed by atoms with Crippen molar-refractivity contribution in [1.82, 2.24) is 9.55 Å². The molecule has 8 nitrogen and oxygen atoms in total. The van der Waals surface area contributed by atoms with Crippen molar-refractivity contribution in [1.29, 1.82) is 0 Å². The molecule has 2 heterocycles. The normalized spacial score (nSPS) is 15.4. The monoisotopic (exact) mass is 431 g/mol. The molecule has 1 aliphatic rings. The topological polar surface area (TPSA) is 88.8 Å². The van der Waals surface area contributed by atoms with Crippen molar-refractivity contribution in [3.05, 3.63) is 78.4 Å². The Morgan fingerprint density at radius 2 is 1.88 bits per heavy atom. The van der Waals surface area contributed by atoms with Crippen LogP contribution >= 0.6 is 0 Å². The molecule has 0 radical (unpaired) electrons. The van der Waals surface area contributed by atoms with Gasteiger partial charge in [0.2, 0.25) is 5.91 Å². The van der Waals surface area contributed by atoms with Gasteiger partial charge in [0.05, 0.1) is 12.3 Å². The lowest BCUT2D eigenvalue weighted by molar-refractivity contribution is -0.135. The van der Waals surface area contributed by atoms with E-state index < -0.39 is 12.0 Å². The Kier molecular flexibility index (Phi) is 6.30. The predicted octanol–water partition coefficient (Wildman–Crippen LogP) is 3.38. The average molecular weight is 431 g/mol. The summed E-state index contributed by atoms with van der Waals surface area (Å²) in [5, 5.41) is 8.92. The van der Waals surface area contributed by atoms with Crippen LogP contribution in [-0.2, 0) is 20.9 Å².